The molecule has 0 aromatic rings. The molecule has 3 heteroatoms. The van der Waals surface area contributed by atoms with E-state index in [1.165, 1.54) is 25.7 Å². The number of aliphatic carboxylic acids is 1. The summed E-state index contributed by atoms with van der Waals surface area (Å²) < 4.78 is 0. The molecule has 0 radical (unpaired) electrons. The first kappa shape index (κ1) is 11.9. The molecule has 2 saturated carbocycles. The molecular formula is C13H23NO2. The van der Waals surface area contributed by atoms with Crippen molar-refractivity contribution in [2.45, 2.75) is 58.0 Å². The van der Waals surface area contributed by atoms with E-state index >= 15 is 0 Å². The van der Waals surface area contributed by atoms with Gasteiger partial charge in [-0.05, 0) is 57.8 Å². The van der Waals surface area contributed by atoms with Gasteiger partial charge in [0.2, 0.25) is 0 Å². The largest absolute Gasteiger partial charge is 0.480 e. The maximum absolute atomic E-state index is 11.1. The van der Waals surface area contributed by atoms with Gasteiger partial charge in [0.25, 0.3) is 0 Å². The predicted molar refractivity (Wildman–Crippen MR) is 63.3 cm³/mol. The average molecular weight is 225 g/mol. The Balaban J connectivity index is 1.93. The van der Waals surface area contributed by atoms with Gasteiger partial charge in [-0.2, -0.15) is 0 Å². The van der Waals surface area contributed by atoms with Crippen molar-refractivity contribution < 1.29 is 9.90 Å². The number of carbonyl (C=O) groups is 1. The molecular weight excluding hydrogens is 202 g/mol. The van der Waals surface area contributed by atoms with E-state index in [0.717, 1.165) is 11.8 Å². The molecule has 2 rings (SSSR count). The number of rotatable bonds is 4. The van der Waals surface area contributed by atoms with Crippen molar-refractivity contribution >= 4 is 5.97 Å². The van der Waals surface area contributed by atoms with Gasteiger partial charge in [0, 0.05) is 6.04 Å². The third-order valence-electron chi connectivity index (χ3n) is 4.56. The van der Waals surface area contributed by atoms with Crippen LogP contribution in [0.5, 0.6) is 0 Å². The van der Waals surface area contributed by atoms with Gasteiger partial charge >= 0.3 is 5.97 Å². The quantitative estimate of drug-likeness (QED) is 0.771. The van der Waals surface area contributed by atoms with E-state index < -0.39 is 11.5 Å². The number of carboxylic acid groups (broad SMARTS) is 1. The van der Waals surface area contributed by atoms with Crippen LogP contribution in [-0.4, -0.2) is 22.7 Å². The van der Waals surface area contributed by atoms with E-state index in [2.05, 4.69) is 12.2 Å². The van der Waals surface area contributed by atoms with Crippen molar-refractivity contribution in [2.75, 3.05) is 0 Å². The van der Waals surface area contributed by atoms with E-state index in [0.29, 0.717) is 12.0 Å². The second-order valence-corrected chi connectivity index (χ2v) is 6.20. The first-order valence-electron chi connectivity index (χ1n) is 6.41. The molecule has 2 N–H and O–H groups in total. The summed E-state index contributed by atoms with van der Waals surface area (Å²) in [7, 11) is 0. The molecule has 2 fully saturated rings. The van der Waals surface area contributed by atoms with Crippen LogP contribution in [0.2, 0.25) is 0 Å². The van der Waals surface area contributed by atoms with Crippen molar-refractivity contribution in [3.63, 3.8) is 0 Å². The third kappa shape index (κ3) is 2.10. The molecule has 2 bridgehead atoms. The molecule has 3 nitrogen and oxygen atoms in total. The maximum Gasteiger partial charge on any atom is 0.323 e. The van der Waals surface area contributed by atoms with Crippen molar-refractivity contribution in [1.82, 2.24) is 5.32 Å². The average Bonchev–Trinajstić information content (AvgIpc) is 2.77. The van der Waals surface area contributed by atoms with Crippen LogP contribution in [0.4, 0.5) is 0 Å². The van der Waals surface area contributed by atoms with Crippen LogP contribution in [0.25, 0.3) is 0 Å². The van der Waals surface area contributed by atoms with Crippen LogP contribution in [-0.2, 0) is 4.79 Å². The van der Waals surface area contributed by atoms with Gasteiger partial charge in [0.05, 0.1) is 0 Å². The second-order valence-electron chi connectivity index (χ2n) is 6.20. The lowest BCUT2D eigenvalue weighted by Crippen LogP contribution is -2.53. The van der Waals surface area contributed by atoms with Crippen molar-refractivity contribution in [1.29, 1.82) is 0 Å². The molecule has 16 heavy (non-hydrogen) atoms. The van der Waals surface area contributed by atoms with Crippen LogP contribution in [0.1, 0.15) is 46.5 Å². The highest BCUT2D eigenvalue weighted by atomic mass is 16.4. The van der Waals surface area contributed by atoms with Gasteiger partial charge in [-0.25, -0.2) is 0 Å². The minimum atomic E-state index is -0.804. The van der Waals surface area contributed by atoms with Crippen LogP contribution >= 0.6 is 0 Å². The molecule has 0 amide bonds. The lowest BCUT2D eigenvalue weighted by atomic mass is 9.83. The highest BCUT2D eigenvalue weighted by molar-refractivity contribution is 5.77. The lowest BCUT2D eigenvalue weighted by Gasteiger charge is -2.33. The summed E-state index contributed by atoms with van der Waals surface area (Å²) in [5.41, 5.74) is -0.804. The smallest absolute Gasteiger partial charge is 0.323 e. The van der Waals surface area contributed by atoms with Crippen LogP contribution in [0, 0.1) is 17.8 Å². The molecule has 0 spiro atoms. The fraction of sp³-hybridized carbons (Fsp3) is 0.923. The zero-order valence-corrected chi connectivity index (χ0v) is 10.5. The molecule has 0 aliphatic heterocycles. The second kappa shape index (κ2) is 4.02. The van der Waals surface area contributed by atoms with Gasteiger partial charge in [0.15, 0.2) is 0 Å². The molecule has 0 heterocycles. The number of carboxylic acids is 1. The topological polar surface area (TPSA) is 49.3 Å². The molecule has 2 aliphatic rings. The summed E-state index contributed by atoms with van der Waals surface area (Å²) in [6.07, 6.45) is 5.43. The highest BCUT2D eigenvalue weighted by Gasteiger charge is 2.43. The molecule has 0 saturated heterocycles. The Hall–Kier alpha value is -0.570. The Morgan fingerprint density at radius 3 is 2.50 bits per heavy atom. The van der Waals surface area contributed by atoms with E-state index in [1.807, 2.05) is 0 Å². The zero-order valence-electron chi connectivity index (χ0n) is 10.5. The van der Waals surface area contributed by atoms with Gasteiger partial charge in [-0.15, -0.1) is 0 Å². The fourth-order valence-corrected chi connectivity index (χ4v) is 3.64. The lowest BCUT2D eigenvalue weighted by molar-refractivity contribution is -0.143. The molecule has 4 atom stereocenters. The Labute approximate surface area is 97.6 Å². The SMILES string of the molecule is CC(NC(C)(C)C(=O)O)C1CC2CCC1C2. The molecule has 92 valence electrons. The summed E-state index contributed by atoms with van der Waals surface area (Å²) in [6.45, 7) is 5.65. The molecule has 0 aromatic heterocycles. The Bertz CT molecular complexity index is 288. The van der Waals surface area contributed by atoms with E-state index in [4.69, 9.17) is 5.11 Å². The summed E-state index contributed by atoms with van der Waals surface area (Å²) in [4.78, 5) is 11.1. The molecule has 2 aliphatic carbocycles. The number of hydrogen-bond donors (Lipinski definition) is 2. The van der Waals surface area contributed by atoms with E-state index in [1.54, 1.807) is 13.8 Å². The predicted octanol–water partition coefficient (Wildman–Crippen LogP) is 2.26. The van der Waals surface area contributed by atoms with Crippen molar-refractivity contribution in [3.8, 4) is 0 Å². The standard InChI is InChI=1S/C13H23NO2/c1-8(14-13(2,3)12(15)16)11-7-9-4-5-10(11)6-9/h8-11,14H,4-7H2,1-3H3,(H,15,16). The summed E-state index contributed by atoms with van der Waals surface area (Å²) in [5.74, 6) is 1.70. The van der Waals surface area contributed by atoms with E-state index in [-0.39, 0.29) is 0 Å². The Kier molecular flexibility index (Phi) is 2.99. The minimum Gasteiger partial charge on any atom is -0.480 e. The molecule has 4 unspecified atom stereocenters. The Morgan fingerprint density at radius 2 is 2.06 bits per heavy atom. The van der Waals surface area contributed by atoms with Crippen LogP contribution in [0.15, 0.2) is 0 Å². The third-order valence-corrected chi connectivity index (χ3v) is 4.56. The normalized spacial score (nSPS) is 35.3. The fourth-order valence-electron chi connectivity index (χ4n) is 3.64. The van der Waals surface area contributed by atoms with Gasteiger partial charge < -0.3 is 5.11 Å². The van der Waals surface area contributed by atoms with Crippen molar-refractivity contribution in [2.24, 2.45) is 17.8 Å². The zero-order chi connectivity index (χ0) is 11.9. The Morgan fingerprint density at radius 1 is 1.38 bits per heavy atom. The number of nitrogens with one attached hydrogen (secondary N) is 1. The monoisotopic (exact) mass is 225 g/mol. The van der Waals surface area contributed by atoms with Gasteiger partial charge in [-0.1, -0.05) is 6.42 Å². The number of hydrogen-bond acceptors (Lipinski definition) is 2. The summed E-state index contributed by atoms with van der Waals surface area (Å²) in [5, 5.41) is 12.4. The van der Waals surface area contributed by atoms with Gasteiger partial charge in [-0.3, -0.25) is 10.1 Å². The van der Waals surface area contributed by atoms with E-state index in [9.17, 15) is 4.79 Å². The maximum atomic E-state index is 11.1. The van der Waals surface area contributed by atoms with Crippen molar-refractivity contribution in [3.05, 3.63) is 0 Å². The highest BCUT2D eigenvalue weighted by Crippen LogP contribution is 2.49. The first-order valence-corrected chi connectivity index (χ1v) is 6.41. The summed E-state index contributed by atoms with van der Waals surface area (Å²) >= 11 is 0. The first-order chi connectivity index (χ1) is 7.40. The minimum absolute atomic E-state index is 0.321. The summed E-state index contributed by atoms with van der Waals surface area (Å²) in [6, 6.07) is 0.321. The van der Waals surface area contributed by atoms with Gasteiger partial charge in [0.1, 0.15) is 5.54 Å². The van der Waals surface area contributed by atoms with Crippen LogP contribution < -0.4 is 5.32 Å². The van der Waals surface area contributed by atoms with Crippen LogP contribution in [0.3, 0.4) is 0 Å². The number of fused-ring (bicyclic) bond motifs is 2. The molecule has 0 aromatic carbocycles.